The minimum absolute atomic E-state index is 0.0252. The highest BCUT2D eigenvalue weighted by molar-refractivity contribution is 6.08. The Bertz CT molecular complexity index is 925. The lowest BCUT2D eigenvalue weighted by Gasteiger charge is -2.28. The van der Waals surface area contributed by atoms with E-state index in [2.05, 4.69) is 10.2 Å². The van der Waals surface area contributed by atoms with Crippen molar-refractivity contribution in [1.82, 2.24) is 10.2 Å². The second kappa shape index (κ2) is 6.08. The third kappa shape index (κ3) is 2.77. The molecule has 0 atom stereocenters. The molecule has 0 aliphatic carbocycles. The molecule has 2 aromatic carbocycles. The summed E-state index contributed by atoms with van der Waals surface area (Å²) in [6.07, 6.45) is -2.11. The van der Waals surface area contributed by atoms with E-state index in [1.807, 2.05) is 30.3 Å². The van der Waals surface area contributed by atoms with E-state index in [0.717, 1.165) is 11.3 Å². The number of fused-ring (bicyclic) bond motifs is 1. The van der Waals surface area contributed by atoms with Gasteiger partial charge in [0.15, 0.2) is 0 Å². The van der Waals surface area contributed by atoms with Gasteiger partial charge in [-0.05, 0) is 36.2 Å². The number of hydrogen-bond acceptors (Lipinski definition) is 4. The Morgan fingerprint density at radius 2 is 1.88 bits per heavy atom. The van der Waals surface area contributed by atoms with E-state index < -0.39 is 12.3 Å². The van der Waals surface area contributed by atoms with Gasteiger partial charge in [0.2, 0.25) is 5.89 Å². The quantitative estimate of drug-likeness (QED) is 0.725. The Labute approximate surface area is 141 Å². The minimum Gasteiger partial charge on any atom is -0.415 e. The van der Waals surface area contributed by atoms with Crippen LogP contribution in [0.25, 0.3) is 11.5 Å². The molecule has 0 saturated carbocycles. The fraction of sp³-hybridized carbons (Fsp3) is 0.167. The number of aromatic nitrogens is 2. The van der Waals surface area contributed by atoms with Gasteiger partial charge in [-0.3, -0.25) is 4.79 Å². The van der Waals surface area contributed by atoms with Crippen LogP contribution in [0.4, 0.5) is 14.5 Å². The van der Waals surface area contributed by atoms with Crippen molar-refractivity contribution in [3.05, 3.63) is 65.5 Å². The molecule has 0 spiro atoms. The van der Waals surface area contributed by atoms with Gasteiger partial charge in [-0.1, -0.05) is 24.3 Å². The molecule has 0 unspecified atom stereocenters. The van der Waals surface area contributed by atoms with E-state index in [9.17, 15) is 13.6 Å². The first kappa shape index (κ1) is 15.4. The number of alkyl halides is 2. The summed E-state index contributed by atoms with van der Waals surface area (Å²) >= 11 is 0. The predicted octanol–water partition coefficient (Wildman–Crippen LogP) is 3.88. The van der Waals surface area contributed by atoms with E-state index in [-0.39, 0.29) is 11.8 Å². The molecule has 25 heavy (non-hydrogen) atoms. The normalized spacial score (nSPS) is 14.0. The molecule has 2 heterocycles. The highest BCUT2D eigenvalue weighted by Crippen LogP contribution is 2.29. The summed E-state index contributed by atoms with van der Waals surface area (Å²) in [7, 11) is 0. The molecule has 1 aliphatic rings. The lowest BCUT2D eigenvalue weighted by molar-refractivity contribution is 0.0980. The van der Waals surface area contributed by atoms with Gasteiger partial charge >= 0.3 is 6.43 Å². The van der Waals surface area contributed by atoms with Gasteiger partial charge in [0, 0.05) is 23.4 Å². The molecule has 0 radical (unpaired) electrons. The van der Waals surface area contributed by atoms with Gasteiger partial charge in [-0.15, -0.1) is 10.2 Å². The van der Waals surface area contributed by atoms with Crippen LogP contribution in [-0.2, 0) is 6.42 Å². The highest BCUT2D eigenvalue weighted by atomic mass is 19.3. The molecular formula is C18H13F2N3O2. The average molecular weight is 341 g/mol. The number of carbonyl (C=O) groups is 1. The van der Waals surface area contributed by atoms with Gasteiger partial charge in [0.25, 0.3) is 11.8 Å². The van der Waals surface area contributed by atoms with E-state index in [4.69, 9.17) is 4.42 Å². The largest absolute Gasteiger partial charge is 0.415 e. The van der Waals surface area contributed by atoms with E-state index in [0.29, 0.717) is 24.1 Å². The van der Waals surface area contributed by atoms with Gasteiger partial charge in [-0.2, -0.15) is 8.78 Å². The van der Waals surface area contributed by atoms with Crippen molar-refractivity contribution in [2.75, 3.05) is 11.4 Å². The minimum atomic E-state index is -2.82. The molecule has 0 fully saturated rings. The maximum atomic E-state index is 12.9. The first-order valence-corrected chi connectivity index (χ1v) is 7.75. The number of para-hydroxylation sites is 1. The zero-order valence-corrected chi connectivity index (χ0v) is 13.0. The van der Waals surface area contributed by atoms with Crippen LogP contribution >= 0.6 is 0 Å². The molecule has 1 aliphatic heterocycles. The van der Waals surface area contributed by atoms with E-state index in [1.54, 1.807) is 23.1 Å². The first-order chi connectivity index (χ1) is 12.1. The Morgan fingerprint density at radius 3 is 2.60 bits per heavy atom. The maximum Gasteiger partial charge on any atom is 0.314 e. The first-order valence-electron chi connectivity index (χ1n) is 7.75. The maximum absolute atomic E-state index is 12.9. The van der Waals surface area contributed by atoms with Crippen molar-refractivity contribution in [3.63, 3.8) is 0 Å². The van der Waals surface area contributed by atoms with Crippen LogP contribution in [0.2, 0.25) is 0 Å². The summed E-state index contributed by atoms with van der Waals surface area (Å²) in [5, 5.41) is 6.96. The van der Waals surface area contributed by atoms with Crippen LogP contribution < -0.4 is 4.90 Å². The Morgan fingerprint density at radius 1 is 1.08 bits per heavy atom. The van der Waals surface area contributed by atoms with Crippen molar-refractivity contribution < 1.29 is 18.0 Å². The summed E-state index contributed by atoms with van der Waals surface area (Å²) < 4.78 is 30.2. The number of amides is 1. The number of halogens is 2. The van der Waals surface area contributed by atoms with Crippen LogP contribution in [0.15, 0.2) is 52.9 Å². The van der Waals surface area contributed by atoms with Gasteiger partial charge < -0.3 is 9.32 Å². The molecule has 1 aromatic heterocycles. The highest BCUT2D eigenvalue weighted by Gasteiger charge is 2.26. The number of nitrogens with zero attached hydrogens (tertiary/aromatic N) is 3. The van der Waals surface area contributed by atoms with Gasteiger partial charge in [-0.25, -0.2) is 0 Å². The van der Waals surface area contributed by atoms with Gasteiger partial charge in [0.1, 0.15) is 0 Å². The molecule has 0 bridgehead atoms. The number of hydrogen-bond donors (Lipinski definition) is 0. The Hall–Kier alpha value is -3.09. The predicted molar refractivity (Wildman–Crippen MR) is 86.5 cm³/mol. The van der Waals surface area contributed by atoms with Crippen LogP contribution in [0.1, 0.15) is 28.2 Å². The fourth-order valence-corrected chi connectivity index (χ4v) is 2.90. The third-order valence-corrected chi connectivity index (χ3v) is 4.13. The molecule has 126 valence electrons. The SMILES string of the molecule is O=C1c2cc(-c3nnc(C(F)F)o3)ccc2CCN1c1ccccc1. The summed E-state index contributed by atoms with van der Waals surface area (Å²) in [4.78, 5) is 14.6. The molecule has 1 amide bonds. The smallest absolute Gasteiger partial charge is 0.314 e. The van der Waals surface area contributed by atoms with Crippen LogP contribution in [0.5, 0.6) is 0 Å². The summed E-state index contributed by atoms with van der Waals surface area (Å²) in [5.74, 6) is -0.893. The summed E-state index contributed by atoms with van der Waals surface area (Å²) in [6.45, 7) is 0.589. The van der Waals surface area contributed by atoms with Crippen LogP contribution in [0, 0.1) is 0 Å². The summed E-state index contributed by atoms with van der Waals surface area (Å²) in [6, 6.07) is 14.5. The van der Waals surface area contributed by atoms with E-state index >= 15 is 0 Å². The standard InChI is InChI=1S/C18H13F2N3O2/c19-15(20)17-22-21-16(25-17)12-7-6-11-8-9-23(18(24)14(11)10-12)13-4-2-1-3-5-13/h1-7,10,15H,8-9H2. The number of rotatable bonds is 3. The zero-order chi connectivity index (χ0) is 17.4. The van der Waals surface area contributed by atoms with Gasteiger partial charge in [0.05, 0.1) is 0 Å². The van der Waals surface area contributed by atoms with E-state index in [1.165, 1.54) is 0 Å². The molecule has 7 heteroatoms. The van der Waals surface area contributed by atoms with Crippen molar-refractivity contribution in [3.8, 4) is 11.5 Å². The zero-order valence-electron chi connectivity index (χ0n) is 13.0. The second-order valence-corrected chi connectivity index (χ2v) is 5.66. The van der Waals surface area contributed by atoms with Crippen molar-refractivity contribution in [1.29, 1.82) is 0 Å². The lowest BCUT2D eigenvalue weighted by Crippen LogP contribution is -2.37. The number of carbonyl (C=O) groups excluding carboxylic acids is 1. The molecule has 0 N–H and O–H groups in total. The topological polar surface area (TPSA) is 59.2 Å². The third-order valence-electron chi connectivity index (χ3n) is 4.13. The van der Waals surface area contributed by atoms with Crippen LogP contribution in [0.3, 0.4) is 0 Å². The van der Waals surface area contributed by atoms with Crippen molar-refractivity contribution >= 4 is 11.6 Å². The van der Waals surface area contributed by atoms with Crippen molar-refractivity contribution in [2.24, 2.45) is 0 Å². The molecular weight excluding hydrogens is 328 g/mol. The molecule has 0 saturated heterocycles. The summed E-state index contributed by atoms with van der Waals surface area (Å²) in [5.41, 5.74) is 2.70. The van der Waals surface area contributed by atoms with Crippen molar-refractivity contribution in [2.45, 2.75) is 12.8 Å². The lowest BCUT2D eigenvalue weighted by atomic mass is 9.96. The fourth-order valence-electron chi connectivity index (χ4n) is 2.90. The molecule has 3 aromatic rings. The molecule has 4 rings (SSSR count). The number of benzene rings is 2. The Balaban J connectivity index is 1.70. The number of anilines is 1. The monoisotopic (exact) mass is 341 g/mol. The van der Waals surface area contributed by atoms with Crippen LogP contribution in [-0.4, -0.2) is 22.6 Å². The average Bonchev–Trinajstić information content (AvgIpc) is 3.13. The second-order valence-electron chi connectivity index (χ2n) is 5.66. The molecule has 5 nitrogen and oxygen atoms in total. The Kier molecular flexibility index (Phi) is 3.76.